The van der Waals surface area contributed by atoms with Crippen LogP contribution in [0.3, 0.4) is 0 Å². The lowest BCUT2D eigenvalue weighted by atomic mass is 10.2. The van der Waals surface area contributed by atoms with E-state index < -0.39 is 0 Å². The van der Waals surface area contributed by atoms with Crippen LogP contribution in [0.2, 0.25) is 0 Å². The van der Waals surface area contributed by atoms with E-state index >= 15 is 0 Å². The maximum absolute atomic E-state index is 12.0. The van der Waals surface area contributed by atoms with Gasteiger partial charge in [0.05, 0.1) is 12.0 Å². The van der Waals surface area contributed by atoms with Crippen molar-refractivity contribution in [3.63, 3.8) is 0 Å². The Morgan fingerprint density at radius 2 is 2.29 bits per heavy atom. The van der Waals surface area contributed by atoms with Crippen molar-refractivity contribution in [2.24, 2.45) is 5.92 Å². The molecule has 0 aliphatic heterocycles. The summed E-state index contributed by atoms with van der Waals surface area (Å²) >= 11 is 0. The Kier molecular flexibility index (Phi) is 4.70. The molecule has 0 saturated carbocycles. The van der Waals surface area contributed by atoms with Gasteiger partial charge >= 0.3 is 0 Å². The van der Waals surface area contributed by atoms with E-state index in [2.05, 4.69) is 11.1 Å². The lowest BCUT2D eigenvalue weighted by Gasteiger charge is -2.22. The maximum Gasteiger partial charge on any atom is 0.293 e. The highest BCUT2D eigenvalue weighted by molar-refractivity contribution is 5.35. The van der Waals surface area contributed by atoms with Gasteiger partial charge in [-0.15, -0.1) is 0 Å². The smallest absolute Gasteiger partial charge is 0.293 e. The molecule has 0 aromatic carbocycles. The van der Waals surface area contributed by atoms with Gasteiger partial charge < -0.3 is 9.47 Å². The Bertz CT molecular complexity index is 460. The van der Waals surface area contributed by atoms with Crippen molar-refractivity contribution in [3.8, 4) is 6.07 Å². The molecule has 0 radical (unpaired) electrons. The molecule has 1 aromatic heterocycles. The highest BCUT2D eigenvalue weighted by atomic mass is 16.1. The van der Waals surface area contributed by atoms with E-state index in [0.717, 1.165) is 0 Å². The summed E-state index contributed by atoms with van der Waals surface area (Å²) in [4.78, 5) is 18.0. The van der Waals surface area contributed by atoms with Crippen molar-refractivity contribution in [1.29, 1.82) is 5.26 Å². The molecule has 0 amide bonds. The standard InChI is InChI=1S/C12H18N4O/c1-4-15-7-6-14-11(12(15)17)16(5-2)9-10(3)8-13/h6-7,10H,4-5,9H2,1-3H3. The molecule has 0 N–H and O–H groups in total. The number of aryl methyl sites for hydroxylation is 1. The molecule has 0 aliphatic rings. The highest BCUT2D eigenvalue weighted by Crippen LogP contribution is 2.06. The summed E-state index contributed by atoms with van der Waals surface area (Å²) in [5, 5.41) is 8.82. The Morgan fingerprint density at radius 1 is 1.59 bits per heavy atom. The minimum absolute atomic E-state index is 0.0954. The molecule has 0 fully saturated rings. The van der Waals surface area contributed by atoms with Crippen molar-refractivity contribution in [1.82, 2.24) is 9.55 Å². The molecule has 1 aromatic rings. The van der Waals surface area contributed by atoms with Gasteiger partial charge in [-0.3, -0.25) is 4.79 Å². The largest absolute Gasteiger partial charge is 0.351 e. The number of hydrogen-bond donors (Lipinski definition) is 0. The van der Waals surface area contributed by atoms with Gasteiger partial charge in [-0.25, -0.2) is 4.98 Å². The topological polar surface area (TPSA) is 61.9 Å². The minimum atomic E-state index is -0.119. The first-order valence-electron chi connectivity index (χ1n) is 5.84. The molecular weight excluding hydrogens is 216 g/mol. The number of rotatable bonds is 5. The fourth-order valence-electron chi connectivity index (χ4n) is 1.64. The van der Waals surface area contributed by atoms with E-state index in [0.29, 0.717) is 25.5 Å². The molecule has 5 nitrogen and oxygen atoms in total. The van der Waals surface area contributed by atoms with Gasteiger partial charge in [0.25, 0.3) is 5.56 Å². The van der Waals surface area contributed by atoms with Crippen LogP contribution in [0.1, 0.15) is 20.8 Å². The lowest BCUT2D eigenvalue weighted by Crippen LogP contribution is -2.35. The van der Waals surface area contributed by atoms with Crippen LogP contribution in [0.25, 0.3) is 0 Å². The van der Waals surface area contributed by atoms with Gasteiger partial charge in [0.1, 0.15) is 0 Å². The average molecular weight is 234 g/mol. The van der Waals surface area contributed by atoms with Crippen LogP contribution in [-0.2, 0) is 6.54 Å². The number of hydrogen-bond acceptors (Lipinski definition) is 4. The molecule has 17 heavy (non-hydrogen) atoms. The second-order valence-corrected chi connectivity index (χ2v) is 3.91. The van der Waals surface area contributed by atoms with Crippen LogP contribution in [0.15, 0.2) is 17.2 Å². The maximum atomic E-state index is 12.0. The van der Waals surface area contributed by atoms with Gasteiger partial charge in [-0.1, -0.05) is 0 Å². The molecular formula is C12H18N4O. The highest BCUT2D eigenvalue weighted by Gasteiger charge is 2.14. The van der Waals surface area contributed by atoms with E-state index in [1.54, 1.807) is 17.0 Å². The van der Waals surface area contributed by atoms with Crippen LogP contribution < -0.4 is 10.5 Å². The number of nitriles is 1. The number of nitrogens with zero attached hydrogens (tertiary/aromatic N) is 4. The van der Waals surface area contributed by atoms with Gasteiger partial charge in [0.2, 0.25) is 0 Å². The summed E-state index contributed by atoms with van der Waals surface area (Å²) in [7, 11) is 0. The lowest BCUT2D eigenvalue weighted by molar-refractivity contribution is 0.657. The molecule has 0 aliphatic carbocycles. The summed E-state index contributed by atoms with van der Waals surface area (Å²) in [5.74, 6) is 0.311. The number of anilines is 1. The van der Waals surface area contributed by atoms with Gasteiger partial charge in [-0.2, -0.15) is 5.26 Å². The molecule has 5 heteroatoms. The molecule has 0 bridgehead atoms. The zero-order valence-corrected chi connectivity index (χ0v) is 10.6. The van der Waals surface area contributed by atoms with E-state index in [4.69, 9.17) is 5.26 Å². The van der Waals surface area contributed by atoms with E-state index in [1.165, 1.54) is 0 Å². The van der Waals surface area contributed by atoms with Crippen molar-refractivity contribution >= 4 is 5.82 Å². The second-order valence-electron chi connectivity index (χ2n) is 3.91. The summed E-state index contributed by atoms with van der Waals surface area (Å²) in [6.07, 6.45) is 3.30. The van der Waals surface area contributed by atoms with Gasteiger partial charge in [-0.05, 0) is 20.8 Å². The summed E-state index contributed by atoms with van der Waals surface area (Å²) in [5.41, 5.74) is -0.0954. The van der Waals surface area contributed by atoms with Crippen LogP contribution in [0.4, 0.5) is 5.82 Å². The Morgan fingerprint density at radius 3 is 2.82 bits per heavy atom. The summed E-state index contributed by atoms with van der Waals surface area (Å²) < 4.78 is 1.61. The molecule has 92 valence electrons. The third kappa shape index (κ3) is 3.06. The SMILES string of the molecule is CCN(CC(C)C#N)c1nccn(CC)c1=O. The third-order valence-corrected chi connectivity index (χ3v) is 2.63. The summed E-state index contributed by atoms with van der Waals surface area (Å²) in [6.45, 7) is 7.53. The molecule has 0 spiro atoms. The minimum Gasteiger partial charge on any atom is -0.351 e. The van der Waals surface area contributed by atoms with E-state index in [-0.39, 0.29) is 11.5 Å². The van der Waals surface area contributed by atoms with E-state index in [1.807, 2.05) is 25.7 Å². The van der Waals surface area contributed by atoms with Crippen LogP contribution in [0, 0.1) is 17.2 Å². The van der Waals surface area contributed by atoms with Crippen LogP contribution in [-0.4, -0.2) is 22.6 Å². The second kappa shape index (κ2) is 6.04. The molecule has 1 atom stereocenters. The number of aromatic nitrogens is 2. The van der Waals surface area contributed by atoms with Crippen molar-refractivity contribution in [2.75, 3.05) is 18.0 Å². The normalized spacial score (nSPS) is 11.9. The van der Waals surface area contributed by atoms with Crippen LogP contribution >= 0.6 is 0 Å². The Hall–Kier alpha value is -1.83. The Balaban J connectivity index is 3.05. The van der Waals surface area contributed by atoms with Crippen molar-refractivity contribution < 1.29 is 0 Å². The third-order valence-electron chi connectivity index (χ3n) is 2.63. The Labute approximate surface area is 101 Å². The molecule has 1 heterocycles. The fraction of sp³-hybridized carbons (Fsp3) is 0.583. The first kappa shape index (κ1) is 13.2. The average Bonchev–Trinajstić information content (AvgIpc) is 2.36. The zero-order chi connectivity index (χ0) is 12.8. The molecule has 1 rings (SSSR count). The molecule has 1 unspecified atom stereocenters. The first-order valence-corrected chi connectivity index (χ1v) is 5.84. The van der Waals surface area contributed by atoms with Crippen molar-refractivity contribution in [2.45, 2.75) is 27.3 Å². The predicted molar refractivity (Wildman–Crippen MR) is 66.8 cm³/mol. The monoisotopic (exact) mass is 234 g/mol. The predicted octanol–water partition coefficient (Wildman–Crippen LogP) is 1.25. The quantitative estimate of drug-likeness (QED) is 0.769. The zero-order valence-electron chi connectivity index (χ0n) is 10.6. The first-order chi connectivity index (χ1) is 8.13. The summed E-state index contributed by atoms with van der Waals surface area (Å²) in [6, 6.07) is 2.17. The van der Waals surface area contributed by atoms with Crippen molar-refractivity contribution in [3.05, 3.63) is 22.7 Å². The molecule has 0 saturated heterocycles. The fourth-order valence-corrected chi connectivity index (χ4v) is 1.64. The van der Waals surface area contributed by atoms with Crippen LogP contribution in [0.5, 0.6) is 0 Å². The van der Waals surface area contributed by atoms with Gasteiger partial charge in [0.15, 0.2) is 5.82 Å². The van der Waals surface area contributed by atoms with Gasteiger partial charge in [0, 0.05) is 32.0 Å². The van der Waals surface area contributed by atoms with E-state index in [9.17, 15) is 4.79 Å².